The molecule has 0 saturated heterocycles. The molecule has 2 aromatic rings. The van der Waals surface area contributed by atoms with Crippen LogP contribution in [0.4, 0.5) is 0 Å². The molecule has 0 aromatic carbocycles. The third-order valence-electron chi connectivity index (χ3n) is 2.24. The maximum absolute atomic E-state index is 4.18. The summed E-state index contributed by atoms with van der Waals surface area (Å²) in [6, 6.07) is 4.13. The molecule has 3 nitrogen and oxygen atoms in total. The molecule has 14 heavy (non-hydrogen) atoms. The van der Waals surface area contributed by atoms with Gasteiger partial charge in [0.25, 0.3) is 0 Å². The van der Waals surface area contributed by atoms with Gasteiger partial charge in [-0.2, -0.15) is 0 Å². The highest BCUT2D eigenvalue weighted by Crippen LogP contribution is 2.05. The first kappa shape index (κ1) is 8.94. The molecule has 2 aromatic heterocycles. The third kappa shape index (κ3) is 1.82. The minimum atomic E-state index is 0.870. The van der Waals surface area contributed by atoms with Crippen LogP contribution in [0.15, 0.2) is 30.7 Å². The zero-order valence-electron chi connectivity index (χ0n) is 8.44. The van der Waals surface area contributed by atoms with E-state index in [0.29, 0.717) is 0 Å². The van der Waals surface area contributed by atoms with Crippen LogP contribution in [0.25, 0.3) is 0 Å². The first-order valence-electron chi connectivity index (χ1n) is 4.65. The highest BCUT2D eigenvalue weighted by atomic mass is 15.0. The molecule has 0 aliphatic heterocycles. The largest absolute Gasteiger partial charge is 0.331 e. The summed E-state index contributed by atoms with van der Waals surface area (Å²) in [7, 11) is 0. The summed E-state index contributed by atoms with van der Waals surface area (Å²) in [4.78, 5) is 8.35. The third-order valence-corrected chi connectivity index (χ3v) is 2.24. The Kier molecular flexibility index (Phi) is 2.31. The van der Waals surface area contributed by atoms with Crippen LogP contribution in [0.1, 0.15) is 17.1 Å². The van der Waals surface area contributed by atoms with Crippen molar-refractivity contribution in [1.82, 2.24) is 14.5 Å². The van der Waals surface area contributed by atoms with Crippen molar-refractivity contribution in [3.8, 4) is 0 Å². The van der Waals surface area contributed by atoms with Crippen molar-refractivity contribution in [3.05, 3.63) is 47.8 Å². The van der Waals surface area contributed by atoms with E-state index in [0.717, 1.165) is 18.1 Å². The lowest BCUT2D eigenvalue weighted by atomic mass is 10.2. The smallest absolute Gasteiger partial charge is 0.105 e. The van der Waals surface area contributed by atoms with Gasteiger partial charge in [-0.25, -0.2) is 4.98 Å². The Bertz CT molecular complexity index is 432. The first-order valence-corrected chi connectivity index (χ1v) is 4.65. The topological polar surface area (TPSA) is 30.7 Å². The number of aromatic nitrogens is 3. The van der Waals surface area contributed by atoms with Gasteiger partial charge in [-0.15, -0.1) is 0 Å². The van der Waals surface area contributed by atoms with Crippen LogP contribution in [0.5, 0.6) is 0 Å². The molecular formula is C11H13N3. The van der Waals surface area contributed by atoms with E-state index in [9.17, 15) is 0 Å². The van der Waals surface area contributed by atoms with Crippen molar-refractivity contribution in [2.45, 2.75) is 20.4 Å². The molecule has 0 unspecified atom stereocenters. The van der Waals surface area contributed by atoms with E-state index >= 15 is 0 Å². The van der Waals surface area contributed by atoms with E-state index in [2.05, 4.69) is 20.6 Å². The Hall–Kier alpha value is -1.64. The molecule has 72 valence electrons. The lowest BCUT2D eigenvalue weighted by Crippen LogP contribution is -2.01. The molecule has 2 rings (SSSR count). The van der Waals surface area contributed by atoms with Gasteiger partial charge in [0, 0.05) is 30.8 Å². The number of aryl methyl sites for hydroxylation is 2. The summed E-state index contributed by atoms with van der Waals surface area (Å²) >= 11 is 0. The molecule has 0 fully saturated rings. The highest BCUT2D eigenvalue weighted by molar-refractivity contribution is 5.16. The fraction of sp³-hybridized carbons (Fsp3) is 0.273. The van der Waals surface area contributed by atoms with E-state index in [-0.39, 0.29) is 0 Å². The summed E-state index contributed by atoms with van der Waals surface area (Å²) in [5.74, 6) is 1.04. The van der Waals surface area contributed by atoms with Gasteiger partial charge >= 0.3 is 0 Å². The molecular weight excluding hydrogens is 174 g/mol. The van der Waals surface area contributed by atoms with Crippen LogP contribution < -0.4 is 0 Å². The van der Waals surface area contributed by atoms with Crippen LogP contribution >= 0.6 is 0 Å². The number of hydrogen-bond acceptors (Lipinski definition) is 2. The van der Waals surface area contributed by atoms with Gasteiger partial charge in [-0.1, -0.05) is 0 Å². The lowest BCUT2D eigenvalue weighted by Gasteiger charge is -2.05. The monoisotopic (exact) mass is 187 g/mol. The fourth-order valence-corrected chi connectivity index (χ4v) is 1.47. The molecule has 0 spiro atoms. The van der Waals surface area contributed by atoms with Gasteiger partial charge in [-0.05, 0) is 31.5 Å². The van der Waals surface area contributed by atoms with Crippen LogP contribution in [-0.4, -0.2) is 14.5 Å². The first-order chi connectivity index (χ1) is 6.75. The number of nitrogens with zero attached hydrogens (tertiary/aromatic N) is 3. The van der Waals surface area contributed by atoms with Crippen molar-refractivity contribution < 1.29 is 0 Å². The van der Waals surface area contributed by atoms with E-state index in [4.69, 9.17) is 0 Å². The van der Waals surface area contributed by atoms with Crippen molar-refractivity contribution in [2.24, 2.45) is 0 Å². The van der Waals surface area contributed by atoms with E-state index in [1.54, 1.807) is 0 Å². The maximum Gasteiger partial charge on any atom is 0.105 e. The number of hydrogen-bond donors (Lipinski definition) is 0. The quantitative estimate of drug-likeness (QED) is 0.719. The van der Waals surface area contributed by atoms with E-state index in [1.165, 1.54) is 5.56 Å². The van der Waals surface area contributed by atoms with Gasteiger partial charge in [0.1, 0.15) is 5.82 Å². The number of pyridine rings is 1. The summed E-state index contributed by atoms with van der Waals surface area (Å²) in [6.07, 6.45) is 5.66. The lowest BCUT2D eigenvalue weighted by molar-refractivity contribution is 0.759. The molecule has 0 aliphatic carbocycles. The Morgan fingerprint density at radius 3 is 2.71 bits per heavy atom. The van der Waals surface area contributed by atoms with Crippen molar-refractivity contribution in [3.63, 3.8) is 0 Å². The van der Waals surface area contributed by atoms with Gasteiger partial charge in [0.2, 0.25) is 0 Å². The van der Waals surface area contributed by atoms with Crippen LogP contribution in [0.3, 0.4) is 0 Å². The van der Waals surface area contributed by atoms with Crippen LogP contribution in [0.2, 0.25) is 0 Å². The molecule has 0 aliphatic rings. The van der Waals surface area contributed by atoms with E-state index < -0.39 is 0 Å². The molecule has 3 heteroatoms. The maximum atomic E-state index is 4.18. The second-order valence-corrected chi connectivity index (χ2v) is 3.41. The minimum absolute atomic E-state index is 0.870. The van der Waals surface area contributed by atoms with Crippen molar-refractivity contribution in [2.75, 3.05) is 0 Å². The molecule has 0 amide bonds. The average Bonchev–Trinajstić information content (AvgIpc) is 2.52. The van der Waals surface area contributed by atoms with Crippen LogP contribution in [-0.2, 0) is 6.54 Å². The molecule has 0 radical (unpaired) electrons. The zero-order chi connectivity index (χ0) is 9.97. The number of rotatable bonds is 2. The number of imidazole rings is 1. The van der Waals surface area contributed by atoms with Gasteiger partial charge in [0.05, 0.1) is 0 Å². The summed E-state index contributed by atoms with van der Waals surface area (Å²) in [5.41, 5.74) is 2.32. The van der Waals surface area contributed by atoms with Gasteiger partial charge in [0.15, 0.2) is 0 Å². The summed E-state index contributed by atoms with van der Waals surface area (Å²) in [6.45, 7) is 4.88. The van der Waals surface area contributed by atoms with E-state index in [1.807, 2.05) is 38.5 Å². The van der Waals surface area contributed by atoms with Crippen molar-refractivity contribution >= 4 is 0 Å². The Morgan fingerprint density at radius 2 is 2.07 bits per heavy atom. The second kappa shape index (κ2) is 3.62. The predicted octanol–water partition coefficient (Wildman–Crippen LogP) is 1.94. The minimum Gasteiger partial charge on any atom is -0.331 e. The normalized spacial score (nSPS) is 10.4. The zero-order valence-corrected chi connectivity index (χ0v) is 8.44. The summed E-state index contributed by atoms with van der Waals surface area (Å²) < 4.78 is 2.12. The highest BCUT2D eigenvalue weighted by Gasteiger charge is 1.98. The SMILES string of the molecule is Cc1cc(Cn2ccnc2C)ccn1. The Labute approximate surface area is 83.4 Å². The molecule has 0 bridgehead atoms. The standard InChI is InChI=1S/C11H13N3/c1-9-7-11(3-4-12-9)8-14-6-5-13-10(14)2/h3-7H,8H2,1-2H3. The molecule has 0 atom stereocenters. The molecule has 0 N–H and O–H groups in total. The Balaban J connectivity index is 2.23. The molecule has 2 heterocycles. The van der Waals surface area contributed by atoms with Crippen molar-refractivity contribution in [1.29, 1.82) is 0 Å². The van der Waals surface area contributed by atoms with Gasteiger partial charge in [-0.3, -0.25) is 4.98 Å². The fourth-order valence-electron chi connectivity index (χ4n) is 1.47. The summed E-state index contributed by atoms with van der Waals surface area (Å²) in [5, 5.41) is 0. The van der Waals surface area contributed by atoms with Crippen LogP contribution in [0, 0.1) is 13.8 Å². The predicted molar refractivity (Wildman–Crippen MR) is 55.0 cm³/mol. The Morgan fingerprint density at radius 1 is 1.21 bits per heavy atom. The second-order valence-electron chi connectivity index (χ2n) is 3.41. The molecule has 0 saturated carbocycles. The average molecular weight is 187 g/mol. The van der Waals surface area contributed by atoms with Gasteiger partial charge < -0.3 is 4.57 Å².